The molecule has 1 aromatic carbocycles. The maximum atomic E-state index is 13.4. The summed E-state index contributed by atoms with van der Waals surface area (Å²) in [5.41, 5.74) is 0.607. The van der Waals surface area contributed by atoms with E-state index in [9.17, 15) is 14.0 Å². The first-order valence-corrected chi connectivity index (χ1v) is 10.7. The van der Waals surface area contributed by atoms with Crippen molar-refractivity contribution in [3.05, 3.63) is 53.4 Å². The summed E-state index contributed by atoms with van der Waals surface area (Å²) in [6.07, 6.45) is 1.23. The van der Waals surface area contributed by atoms with E-state index >= 15 is 0 Å². The molecular weight excluding hydrogens is 407 g/mol. The van der Waals surface area contributed by atoms with Crippen LogP contribution in [0.5, 0.6) is 0 Å². The molecule has 1 saturated carbocycles. The number of hydrogen-bond donors (Lipinski definition) is 0. The Hall–Kier alpha value is -2.91. The number of amides is 1. The smallest absolute Gasteiger partial charge is 0.293 e. The minimum Gasteiger partial charge on any atom is -0.367 e. The number of carbonyl (C=O) groups is 2. The minimum atomic E-state index is -0.578. The Morgan fingerprint density at radius 1 is 1.17 bits per heavy atom. The molecule has 0 bridgehead atoms. The summed E-state index contributed by atoms with van der Waals surface area (Å²) in [7, 11) is 0. The van der Waals surface area contributed by atoms with E-state index < -0.39 is 6.10 Å². The summed E-state index contributed by atoms with van der Waals surface area (Å²) in [4.78, 5) is 32.4. The van der Waals surface area contributed by atoms with Crippen LogP contribution in [0.15, 0.2) is 41.8 Å². The lowest BCUT2D eigenvalue weighted by molar-refractivity contribution is -0.136. The first kappa shape index (κ1) is 19.1. The number of ether oxygens (including phenoxy) is 1. The van der Waals surface area contributed by atoms with Gasteiger partial charge in [0.05, 0.1) is 23.7 Å². The van der Waals surface area contributed by atoms with Crippen LogP contribution in [0.2, 0.25) is 0 Å². The number of halogens is 1. The number of nitrogens with zero attached hydrogens (tertiary/aromatic N) is 4. The van der Waals surface area contributed by atoms with Crippen LogP contribution in [0.1, 0.15) is 23.5 Å². The van der Waals surface area contributed by atoms with Gasteiger partial charge >= 0.3 is 0 Å². The van der Waals surface area contributed by atoms with Crippen LogP contribution in [0.25, 0.3) is 16.4 Å². The highest BCUT2D eigenvalue weighted by atomic mass is 32.1. The Kier molecular flexibility index (Phi) is 4.92. The maximum Gasteiger partial charge on any atom is 0.293 e. The van der Waals surface area contributed by atoms with Gasteiger partial charge in [-0.05, 0) is 48.6 Å². The number of hydrogen-bond acceptors (Lipinski definition) is 6. The van der Waals surface area contributed by atoms with Crippen molar-refractivity contribution in [3.8, 4) is 16.4 Å². The molecule has 2 aromatic heterocycles. The lowest BCUT2D eigenvalue weighted by Gasteiger charge is -2.31. The number of ketones is 1. The van der Waals surface area contributed by atoms with Crippen molar-refractivity contribution in [1.29, 1.82) is 0 Å². The fourth-order valence-corrected chi connectivity index (χ4v) is 4.21. The zero-order valence-corrected chi connectivity index (χ0v) is 16.8. The average molecular weight is 426 g/mol. The van der Waals surface area contributed by atoms with Gasteiger partial charge in [0, 0.05) is 12.5 Å². The highest BCUT2D eigenvalue weighted by molar-refractivity contribution is 7.13. The quantitative estimate of drug-likeness (QED) is 0.627. The van der Waals surface area contributed by atoms with Crippen LogP contribution in [0.4, 0.5) is 4.39 Å². The number of carbonyl (C=O) groups excluding carboxylic acids is 2. The molecule has 0 spiro atoms. The van der Waals surface area contributed by atoms with Crippen molar-refractivity contribution in [1.82, 2.24) is 19.7 Å². The molecule has 0 radical (unpaired) electrons. The second-order valence-electron chi connectivity index (χ2n) is 7.41. The molecule has 1 saturated heterocycles. The van der Waals surface area contributed by atoms with Crippen LogP contribution in [-0.4, -0.2) is 57.2 Å². The molecule has 1 amide bonds. The van der Waals surface area contributed by atoms with Crippen LogP contribution in [0.3, 0.4) is 0 Å². The van der Waals surface area contributed by atoms with E-state index in [0.29, 0.717) is 24.7 Å². The number of morpholine rings is 1. The van der Waals surface area contributed by atoms with E-state index in [1.807, 2.05) is 17.5 Å². The number of benzene rings is 1. The Morgan fingerprint density at radius 3 is 2.67 bits per heavy atom. The largest absolute Gasteiger partial charge is 0.367 e. The SMILES string of the molecule is O=C(C1CC1)C1CN(C(=O)c2nc(-c3cccs3)n(-c3ccc(F)cc3)n2)CCO1. The standard InChI is InChI=1S/C21H19FN4O3S/c22-14-5-7-15(8-6-14)26-20(17-2-1-11-30-17)23-19(24-26)21(28)25-9-10-29-16(12-25)18(27)13-3-4-13/h1-2,5-8,11,13,16H,3-4,9-10,12H2. The molecule has 2 aliphatic rings. The van der Waals surface area contributed by atoms with Crippen LogP contribution < -0.4 is 0 Å². The summed E-state index contributed by atoms with van der Waals surface area (Å²) in [6.45, 7) is 0.908. The van der Waals surface area contributed by atoms with E-state index in [1.54, 1.807) is 21.7 Å². The highest BCUT2D eigenvalue weighted by Crippen LogP contribution is 2.32. The third-order valence-corrected chi connectivity index (χ3v) is 6.13. The normalized spacial score (nSPS) is 19.1. The number of thiophene rings is 1. The summed E-state index contributed by atoms with van der Waals surface area (Å²) >= 11 is 1.48. The van der Waals surface area contributed by atoms with Crippen molar-refractivity contribution < 1.29 is 18.7 Å². The first-order chi connectivity index (χ1) is 14.6. The Bertz CT molecular complexity index is 1080. The van der Waals surface area contributed by atoms with Crippen molar-refractivity contribution in [2.45, 2.75) is 18.9 Å². The zero-order chi connectivity index (χ0) is 20.7. The molecule has 1 aliphatic heterocycles. The molecule has 1 unspecified atom stereocenters. The summed E-state index contributed by atoms with van der Waals surface area (Å²) in [6, 6.07) is 9.64. The predicted octanol–water partition coefficient (Wildman–Crippen LogP) is 2.96. The van der Waals surface area contributed by atoms with E-state index in [4.69, 9.17) is 4.74 Å². The predicted molar refractivity (Wildman–Crippen MR) is 108 cm³/mol. The van der Waals surface area contributed by atoms with Gasteiger partial charge in [0.25, 0.3) is 5.91 Å². The van der Waals surface area contributed by atoms with Crippen molar-refractivity contribution >= 4 is 23.0 Å². The molecule has 30 heavy (non-hydrogen) atoms. The fourth-order valence-electron chi connectivity index (χ4n) is 3.51. The van der Waals surface area contributed by atoms with E-state index in [-0.39, 0.29) is 35.8 Å². The van der Waals surface area contributed by atoms with Crippen LogP contribution >= 0.6 is 11.3 Å². The molecule has 9 heteroatoms. The summed E-state index contributed by atoms with van der Waals surface area (Å²) in [5, 5.41) is 6.34. The minimum absolute atomic E-state index is 0.0437. The van der Waals surface area contributed by atoms with Crippen LogP contribution in [-0.2, 0) is 9.53 Å². The molecule has 0 N–H and O–H groups in total. The van der Waals surface area contributed by atoms with Crippen molar-refractivity contribution in [2.24, 2.45) is 5.92 Å². The Labute approximate surface area is 176 Å². The fraction of sp³-hybridized carbons (Fsp3) is 0.333. The highest BCUT2D eigenvalue weighted by Gasteiger charge is 2.39. The molecule has 154 valence electrons. The van der Waals surface area contributed by atoms with E-state index in [2.05, 4.69) is 10.1 Å². The topological polar surface area (TPSA) is 77.3 Å². The average Bonchev–Trinajstić information content (AvgIpc) is 3.30. The van der Waals surface area contributed by atoms with Gasteiger partial charge in [0.15, 0.2) is 11.6 Å². The van der Waals surface area contributed by atoms with Crippen LogP contribution in [0, 0.1) is 11.7 Å². The molecule has 1 aliphatic carbocycles. The third-order valence-electron chi connectivity index (χ3n) is 5.26. The van der Waals surface area contributed by atoms with Gasteiger partial charge in [-0.1, -0.05) is 6.07 Å². The maximum absolute atomic E-state index is 13.4. The molecular formula is C21H19FN4O3S. The van der Waals surface area contributed by atoms with Crippen molar-refractivity contribution in [2.75, 3.05) is 19.7 Å². The lowest BCUT2D eigenvalue weighted by atomic mass is 10.1. The Balaban J connectivity index is 1.45. The first-order valence-electron chi connectivity index (χ1n) is 9.81. The molecule has 5 rings (SSSR count). The monoisotopic (exact) mass is 426 g/mol. The number of rotatable bonds is 5. The van der Waals surface area contributed by atoms with Gasteiger partial charge < -0.3 is 9.64 Å². The second kappa shape index (κ2) is 7.73. The second-order valence-corrected chi connectivity index (χ2v) is 8.36. The van der Waals surface area contributed by atoms with Gasteiger partial charge in [-0.2, -0.15) is 0 Å². The van der Waals surface area contributed by atoms with Gasteiger partial charge in [-0.3, -0.25) is 9.59 Å². The van der Waals surface area contributed by atoms with Gasteiger partial charge in [-0.15, -0.1) is 16.4 Å². The third kappa shape index (κ3) is 3.66. The lowest BCUT2D eigenvalue weighted by Crippen LogP contribution is -2.49. The Morgan fingerprint density at radius 2 is 1.97 bits per heavy atom. The molecule has 3 heterocycles. The summed E-state index contributed by atoms with van der Waals surface area (Å²) in [5.74, 6) is 0.0158. The molecule has 7 nitrogen and oxygen atoms in total. The van der Waals surface area contributed by atoms with Gasteiger partial charge in [0.1, 0.15) is 11.9 Å². The van der Waals surface area contributed by atoms with Gasteiger partial charge in [0.2, 0.25) is 5.82 Å². The molecule has 3 aromatic rings. The number of Topliss-reactive ketones (excluding diaryl/α,β-unsaturated/α-hetero) is 1. The molecule has 2 fully saturated rings. The summed E-state index contributed by atoms with van der Waals surface area (Å²) < 4.78 is 20.5. The van der Waals surface area contributed by atoms with Gasteiger partial charge in [-0.25, -0.2) is 14.1 Å². The molecule has 1 atom stereocenters. The van der Waals surface area contributed by atoms with E-state index in [0.717, 1.165) is 17.7 Å². The number of aromatic nitrogens is 3. The van der Waals surface area contributed by atoms with E-state index in [1.165, 1.54) is 23.5 Å². The zero-order valence-electron chi connectivity index (χ0n) is 16.0. The van der Waals surface area contributed by atoms with Crippen molar-refractivity contribution in [3.63, 3.8) is 0 Å².